The lowest BCUT2D eigenvalue weighted by molar-refractivity contribution is 0.310. The van der Waals surface area contributed by atoms with E-state index in [0.717, 1.165) is 35.3 Å². The van der Waals surface area contributed by atoms with Gasteiger partial charge in [-0.15, -0.1) is 0 Å². The number of methoxy groups -OCH3 is 1. The Morgan fingerprint density at radius 2 is 1.69 bits per heavy atom. The number of pyridine rings is 1. The largest absolute Gasteiger partial charge is 0.497 e. The van der Waals surface area contributed by atoms with Gasteiger partial charge in [0.25, 0.3) is 0 Å². The lowest BCUT2D eigenvalue weighted by Gasteiger charge is -2.28. The van der Waals surface area contributed by atoms with Crippen LogP contribution in [-0.4, -0.2) is 39.8 Å². The third kappa shape index (κ3) is 5.23. The van der Waals surface area contributed by atoms with E-state index in [9.17, 15) is 0 Å². The van der Waals surface area contributed by atoms with E-state index in [-0.39, 0.29) is 12.1 Å². The Hall–Kier alpha value is -3.84. The molecule has 5 rings (SSSR count). The van der Waals surface area contributed by atoms with Crippen LogP contribution >= 0.6 is 12.2 Å². The van der Waals surface area contributed by atoms with Crippen molar-refractivity contribution in [2.24, 2.45) is 0 Å². The molecule has 2 aromatic carbocycles. The molecule has 2 aromatic heterocycles. The summed E-state index contributed by atoms with van der Waals surface area (Å²) in [5.41, 5.74) is 8.22. The van der Waals surface area contributed by atoms with Crippen molar-refractivity contribution < 1.29 is 4.74 Å². The van der Waals surface area contributed by atoms with E-state index < -0.39 is 0 Å². The van der Waals surface area contributed by atoms with E-state index in [2.05, 4.69) is 95.9 Å². The molecule has 1 aliphatic heterocycles. The Bertz CT molecular complexity index is 1410. The quantitative estimate of drug-likeness (QED) is 0.245. The van der Waals surface area contributed by atoms with E-state index in [4.69, 9.17) is 21.9 Å². The molecule has 0 bridgehead atoms. The molecule has 2 atom stereocenters. The third-order valence-corrected chi connectivity index (χ3v) is 8.09. The van der Waals surface area contributed by atoms with E-state index >= 15 is 0 Å². The van der Waals surface area contributed by atoms with Gasteiger partial charge in [-0.25, -0.2) is 0 Å². The zero-order valence-corrected chi connectivity index (χ0v) is 24.2. The number of nitrogens with zero attached hydrogens (tertiary/aromatic N) is 4. The lowest BCUT2D eigenvalue weighted by Crippen LogP contribution is -2.29. The van der Waals surface area contributed by atoms with Crippen LogP contribution in [0.5, 0.6) is 5.75 Å². The minimum Gasteiger partial charge on any atom is -0.497 e. The lowest BCUT2D eigenvalue weighted by atomic mass is 9.96. The highest BCUT2D eigenvalue weighted by Gasteiger charge is 2.41. The number of anilines is 1. The Labute approximate surface area is 237 Å². The molecular formula is C32H37N5OS. The second-order valence-corrected chi connectivity index (χ2v) is 10.3. The fourth-order valence-electron chi connectivity index (χ4n) is 5.73. The molecular weight excluding hydrogens is 502 g/mol. The summed E-state index contributed by atoms with van der Waals surface area (Å²) in [4.78, 5) is 9.38. The van der Waals surface area contributed by atoms with Crippen LogP contribution in [0.25, 0.3) is 5.69 Å². The van der Waals surface area contributed by atoms with Gasteiger partial charge in [0.2, 0.25) is 0 Å². The molecule has 3 heterocycles. The molecule has 1 aliphatic rings. The van der Waals surface area contributed by atoms with Gasteiger partial charge in [-0.3, -0.25) is 4.98 Å². The second kappa shape index (κ2) is 11.5. The van der Waals surface area contributed by atoms with Gasteiger partial charge >= 0.3 is 0 Å². The van der Waals surface area contributed by atoms with E-state index in [1.54, 1.807) is 7.11 Å². The van der Waals surface area contributed by atoms with Crippen molar-refractivity contribution in [3.63, 3.8) is 0 Å². The monoisotopic (exact) mass is 539 g/mol. The van der Waals surface area contributed by atoms with Gasteiger partial charge in [-0.1, -0.05) is 18.2 Å². The highest BCUT2D eigenvalue weighted by Crippen LogP contribution is 2.42. The molecule has 4 aromatic rings. The molecule has 0 radical (unpaired) electrons. The van der Waals surface area contributed by atoms with E-state index in [1.165, 1.54) is 28.2 Å². The number of nitrogens with one attached hydrogen (secondary N) is 1. The maximum Gasteiger partial charge on any atom is 0.170 e. The standard InChI is InChI=1S/C32H37N5OS/c1-6-35(7-2)25-13-15-26(16-14-25)37-22(3)20-28(23(37)4)31-30(29-10-8-9-19-33-29)34-32(39)36(31)21-24-11-17-27(38-5)18-12-24/h8-20,30-31H,6-7,21H2,1-5H3,(H,34,39)/t30-,31+/m1/s1. The van der Waals surface area contributed by atoms with Crippen molar-refractivity contribution in [2.45, 2.75) is 46.3 Å². The topological polar surface area (TPSA) is 45.6 Å². The summed E-state index contributed by atoms with van der Waals surface area (Å²) in [5.74, 6) is 0.847. The highest BCUT2D eigenvalue weighted by molar-refractivity contribution is 7.80. The molecule has 6 nitrogen and oxygen atoms in total. The molecule has 1 saturated heterocycles. The number of hydrogen-bond donors (Lipinski definition) is 1. The predicted octanol–water partition coefficient (Wildman–Crippen LogP) is 6.52. The first-order valence-electron chi connectivity index (χ1n) is 13.6. The summed E-state index contributed by atoms with van der Waals surface area (Å²) >= 11 is 5.93. The number of thiocarbonyl (C=S) groups is 1. The molecule has 202 valence electrons. The van der Waals surface area contributed by atoms with Crippen molar-refractivity contribution in [3.05, 3.63) is 107 Å². The van der Waals surface area contributed by atoms with Gasteiger partial charge < -0.3 is 24.4 Å². The maximum absolute atomic E-state index is 5.93. The first-order valence-corrected chi connectivity index (χ1v) is 14.0. The molecule has 1 N–H and O–H groups in total. The van der Waals surface area contributed by atoms with Gasteiger partial charge in [0.05, 0.1) is 24.9 Å². The molecule has 1 fully saturated rings. The number of hydrogen-bond acceptors (Lipinski definition) is 4. The zero-order chi connectivity index (χ0) is 27.5. The van der Waals surface area contributed by atoms with Gasteiger partial charge in [0, 0.05) is 48.6 Å². The van der Waals surface area contributed by atoms with Crippen LogP contribution in [0, 0.1) is 13.8 Å². The Morgan fingerprint density at radius 1 is 0.974 bits per heavy atom. The molecule has 0 spiro atoms. The molecule has 0 saturated carbocycles. The average Bonchev–Trinajstić information content (AvgIpc) is 3.44. The minimum absolute atomic E-state index is 0.00982. The summed E-state index contributed by atoms with van der Waals surface area (Å²) in [6.07, 6.45) is 1.85. The van der Waals surface area contributed by atoms with Gasteiger partial charge in [0.15, 0.2) is 5.11 Å². The van der Waals surface area contributed by atoms with Gasteiger partial charge in [-0.2, -0.15) is 0 Å². The van der Waals surface area contributed by atoms with Crippen LogP contribution in [0.1, 0.15) is 54.1 Å². The van der Waals surface area contributed by atoms with Crippen LogP contribution in [0.2, 0.25) is 0 Å². The first kappa shape index (κ1) is 26.8. The summed E-state index contributed by atoms with van der Waals surface area (Å²) < 4.78 is 7.72. The number of benzene rings is 2. The maximum atomic E-state index is 5.93. The van der Waals surface area contributed by atoms with Crippen LogP contribution in [-0.2, 0) is 6.54 Å². The second-order valence-electron chi connectivity index (χ2n) is 9.95. The van der Waals surface area contributed by atoms with Gasteiger partial charge in [0.1, 0.15) is 5.75 Å². The van der Waals surface area contributed by atoms with Crippen molar-refractivity contribution in [3.8, 4) is 11.4 Å². The number of aryl methyl sites for hydroxylation is 1. The van der Waals surface area contributed by atoms with E-state index in [0.29, 0.717) is 6.54 Å². The fourth-order valence-corrected chi connectivity index (χ4v) is 6.03. The van der Waals surface area contributed by atoms with Crippen LogP contribution < -0.4 is 15.0 Å². The minimum atomic E-state index is -0.0593. The fraction of sp³-hybridized carbons (Fsp3) is 0.312. The van der Waals surface area contributed by atoms with Gasteiger partial charge in [-0.05, 0) is 106 Å². The summed E-state index contributed by atoms with van der Waals surface area (Å²) in [7, 11) is 1.69. The Balaban J connectivity index is 1.55. The van der Waals surface area contributed by atoms with Crippen molar-refractivity contribution in [1.82, 2.24) is 19.8 Å². The molecule has 0 amide bonds. The SMILES string of the molecule is CCN(CC)c1ccc(-n2c(C)cc([C@H]3[C@@H](c4ccccn4)NC(=S)N3Cc3ccc(OC)cc3)c2C)cc1. The normalized spacial score (nSPS) is 16.8. The average molecular weight is 540 g/mol. The Kier molecular flexibility index (Phi) is 7.89. The summed E-state index contributed by atoms with van der Waals surface area (Å²) in [5, 5.41) is 4.33. The van der Waals surface area contributed by atoms with Crippen LogP contribution in [0.3, 0.4) is 0 Å². The smallest absolute Gasteiger partial charge is 0.170 e. The predicted molar refractivity (Wildman–Crippen MR) is 163 cm³/mol. The van der Waals surface area contributed by atoms with Crippen LogP contribution in [0.4, 0.5) is 5.69 Å². The first-order chi connectivity index (χ1) is 18.9. The molecule has 0 unspecified atom stereocenters. The van der Waals surface area contributed by atoms with Crippen molar-refractivity contribution in [2.75, 3.05) is 25.1 Å². The number of ether oxygens (including phenoxy) is 1. The summed E-state index contributed by atoms with van der Waals surface area (Å²) in [6, 6.07) is 25.4. The number of aromatic nitrogens is 2. The molecule has 0 aliphatic carbocycles. The zero-order valence-electron chi connectivity index (χ0n) is 23.4. The summed E-state index contributed by atoms with van der Waals surface area (Å²) in [6.45, 7) is 11.5. The van der Waals surface area contributed by atoms with Crippen LogP contribution in [0.15, 0.2) is 79.0 Å². The molecule has 39 heavy (non-hydrogen) atoms. The number of rotatable bonds is 9. The van der Waals surface area contributed by atoms with E-state index in [1.807, 2.05) is 30.5 Å². The van der Waals surface area contributed by atoms with Crippen molar-refractivity contribution in [1.29, 1.82) is 0 Å². The Morgan fingerprint density at radius 3 is 2.31 bits per heavy atom. The molecule has 7 heteroatoms. The van der Waals surface area contributed by atoms with Crippen molar-refractivity contribution >= 4 is 23.0 Å². The highest BCUT2D eigenvalue weighted by atomic mass is 32.1. The third-order valence-electron chi connectivity index (χ3n) is 7.74.